The number of rotatable bonds is 4. The second kappa shape index (κ2) is 8.00. The number of phenols is 1. The van der Waals surface area contributed by atoms with Gasteiger partial charge < -0.3 is 39.4 Å². The van der Waals surface area contributed by atoms with Crippen LogP contribution < -0.4 is 10.2 Å². The number of aliphatic hydroxyl groups is 3. The average Bonchev–Trinajstić information content (AvgIpc) is 2.75. The molecule has 5 N–H and O–H groups in total. The Balaban J connectivity index is 1.62. The summed E-state index contributed by atoms with van der Waals surface area (Å²) in [5, 5.41) is 48.4. The maximum atomic E-state index is 12.8. The molecule has 4 rings (SSSR count). The molecule has 1 fully saturated rings. The molecule has 0 radical (unpaired) electrons. The van der Waals surface area contributed by atoms with E-state index in [1.165, 1.54) is 36.6 Å². The topological polar surface area (TPSA) is 167 Å². The SMILES string of the molecule is O=C(O)C1OC(Oc2ccc3c(=O)c(-c4ccc(O)cc4)coc3c2)C(O)C(O)C1O. The number of aromatic hydroxyl groups is 1. The first kappa shape index (κ1) is 20.8. The highest BCUT2D eigenvalue weighted by Crippen LogP contribution is 2.28. The van der Waals surface area contributed by atoms with E-state index in [2.05, 4.69) is 0 Å². The fourth-order valence-corrected chi connectivity index (χ4v) is 3.31. The van der Waals surface area contributed by atoms with Crippen molar-refractivity contribution in [1.82, 2.24) is 0 Å². The van der Waals surface area contributed by atoms with Gasteiger partial charge >= 0.3 is 5.97 Å². The monoisotopic (exact) mass is 430 g/mol. The van der Waals surface area contributed by atoms with Crippen LogP contribution in [0.15, 0.2) is 57.9 Å². The number of fused-ring (bicyclic) bond motifs is 1. The lowest BCUT2D eigenvalue weighted by Crippen LogP contribution is -2.61. The van der Waals surface area contributed by atoms with E-state index in [1.807, 2.05) is 0 Å². The summed E-state index contributed by atoms with van der Waals surface area (Å²) in [4.78, 5) is 24.0. The number of phenolic OH excluding ortho intramolecular Hbond substituents is 1. The third-order valence-corrected chi connectivity index (χ3v) is 4.99. The van der Waals surface area contributed by atoms with Gasteiger partial charge in [-0.3, -0.25) is 4.79 Å². The van der Waals surface area contributed by atoms with E-state index >= 15 is 0 Å². The fourth-order valence-electron chi connectivity index (χ4n) is 3.31. The van der Waals surface area contributed by atoms with Crippen LogP contribution in [0.25, 0.3) is 22.1 Å². The van der Waals surface area contributed by atoms with Gasteiger partial charge in [-0.2, -0.15) is 0 Å². The summed E-state index contributed by atoms with van der Waals surface area (Å²) in [5.74, 6) is -1.39. The van der Waals surface area contributed by atoms with E-state index in [9.17, 15) is 30.0 Å². The van der Waals surface area contributed by atoms with Crippen molar-refractivity contribution in [1.29, 1.82) is 0 Å². The van der Waals surface area contributed by atoms with Gasteiger partial charge in [0.2, 0.25) is 6.29 Å². The fraction of sp³-hybridized carbons (Fsp3) is 0.238. The van der Waals surface area contributed by atoms with Gasteiger partial charge in [0, 0.05) is 6.07 Å². The average molecular weight is 430 g/mol. The van der Waals surface area contributed by atoms with Crippen molar-refractivity contribution >= 4 is 16.9 Å². The van der Waals surface area contributed by atoms with Gasteiger partial charge in [-0.05, 0) is 29.8 Å². The zero-order valence-corrected chi connectivity index (χ0v) is 15.8. The molecule has 1 aliphatic heterocycles. The Morgan fingerprint density at radius 3 is 2.35 bits per heavy atom. The first-order chi connectivity index (χ1) is 14.8. The molecule has 2 heterocycles. The van der Waals surface area contributed by atoms with Crippen molar-refractivity contribution in [2.45, 2.75) is 30.7 Å². The zero-order chi connectivity index (χ0) is 22.3. The van der Waals surface area contributed by atoms with E-state index in [-0.39, 0.29) is 33.5 Å². The summed E-state index contributed by atoms with van der Waals surface area (Å²) >= 11 is 0. The Labute approximate surface area is 174 Å². The van der Waals surface area contributed by atoms with Crippen molar-refractivity contribution in [3.63, 3.8) is 0 Å². The minimum atomic E-state index is -1.83. The van der Waals surface area contributed by atoms with Crippen LogP contribution in [0.1, 0.15) is 0 Å². The molecule has 31 heavy (non-hydrogen) atoms. The Bertz CT molecular complexity index is 1170. The maximum absolute atomic E-state index is 12.8. The minimum Gasteiger partial charge on any atom is -0.508 e. The number of hydrogen-bond donors (Lipinski definition) is 5. The molecular formula is C21H18O10. The summed E-state index contributed by atoms with van der Waals surface area (Å²) in [7, 11) is 0. The summed E-state index contributed by atoms with van der Waals surface area (Å²) in [6.45, 7) is 0. The third-order valence-electron chi connectivity index (χ3n) is 4.99. The molecule has 5 unspecified atom stereocenters. The molecule has 10 heteroatoms. The van der Waals surface area contributed by atoms with Gasteiger partial charge in [0.05, 0.1) is 10.9 Å². The molecule has 0 saturated carbocycles. The zero-order valence-electron chi connectivity index (χ0n) is 15.8. The van der Waals surface area contributed by atoms with Crippen molar-refractivity contribution in [2.75, 3.05) is 0 Å². The molecule has 3 aromatic rings. The molecular weight excluding hydrogens is 412 g/mol. The van der Waals surface area contributed by atoms with Crippen LogP contribution in [0.4, 0.5) is 0 Å². The van der Waals surface area contributed by atoms with Gasteiger partial charge in [-0.25, -0.2) is 4.79 Å². The van der Waals surface area contributed by atoms with Gasteiger partial charge in [0.1, 0.15) is 41.7 Å². The number of benzene rings is 2. The Morgan fingerprint density at radius 1 is 0.968 bits per heavy atom. The van der Waals surface area contributed by atoms with Crippen LogP contribution in [0.3, 0.4) is 0 Å². The molecule has 162 valence electrons. The van der Waals surface area contributed by atoms with E-state index in [0.717, 1.165) is 0 Å². The van der Waals surface area contributed by atoms with Crippen LogP contribution in [0.2, 0.25) is 0 Å². The number of carboxylic acids is 1. The number of aliphatic carboxylic acids is 1. The Morgan fingerprint density at radius 2 is 1.68 bits per heavy atom. The van der Waals surface area contributed by atoms with E-state index in [4.69, 9.17) is 19.0 Å². The summed E-state index contributed by atoms with van der Waals surface area (Å²) in [6.07, 6.45) is -7.47. The highest BCUT2D eigenvalue weighted by atomic mass is 16.7. The number of carboxylic acid groups (broad SMARTS) is 1. The summed E-state index contributed by atoms with van der Waals surface area (Å²) in [5.41, 5.74) is 0.677. The second-order valence-electron chi connectivity index (χ2n) is 7.04. The number of ether oxygens (including phenoxy) is 2. The Hall–Kier alpha value is -3.44. The van der Waals surface area contributed by atoms with E-state index in [1.54, 1.807) is 12.1 Å². The van der Waals surface area contributed by atoms with Crippen LogP contribution in [0, 0.1) is 0 Å². The predicted molar refractivity (Wildman–Crippen MR) is 105 cm³/mol. The van der Waals surface area contributed by atoms with Crippen LogP contribution >= 0.6 is 0 Å². The highest BCUT2D eigenvalue weighted by Gasteiger charge is 2.48. The van der Waals surface area contributed by atoms with Crippen molar-refractivity contribution in [2.24, 2.45) is 0 Å². The number of hydrogen-bond acceptors (Lipinski definition) is 9. The lowest BCUT2D eigenvalue weighted by molar-refractivity contribution is -0.271. The lowest BCUT2D eigenvalue weighted by atomic mass is 9.99. The van der Waals surface area contributed by atoms with Gasteiger partial charge in [-0.15, -0.1) is 0 Å². The van der Waals surface area contributed by atoms with Crippen molar-refractivity contribution < 1.29 is 44.2 Å². The van der Waals surface area contributed by atoms with E-state index < -0.39 is 36.7 Å². The molecule has 0 aliphatic carbocycles. The molecule has 2 aromatic carbocycles. The summed E-state index contributed by atoms with van der Waals surface area (Å²) < 4.78 is 16.1. The van der Waals surface area contributed by atoms with Crippen LogP contribution in [-0.4, -0.2) is 62.2 Å². The maximum Gasteiger partial charge on any atom is 0.335 e. The van der Waals surface area contributed by atoms with Crippen molar-refractivity contribution in [3.05, 3.63) is 59.0 Å². The van der Waals surface area contributed by atoms with Gasteiger partial charge in [-0.1, -0.05) is 12.1 Å². The minimum absolute atomic E-state index is 0.0608. The molecule has 1 saturated heterocycles. The predicted octanol–water partition coefficient (Wildman–Crippen LogP) is 0.437. The molecule has 0 spiro atoms. The number of carbonyl (C=O) groups is 1. The Kier molecular flexibility index (Phi) is 5.38. The number of aliphatic hydroxyl groups excluding tert-OH is 3. The quantitative estimate of drug-likeness (QED) is 0.392. The molecule has 1 aromatic heterocycles. The highest BCUT2D eigenvalue weighted by molar-refractivity contribution is 5.82. The molecule has 5 atom stereocenters. The molecule has 0 amide bonds. The van der Waals surface area contributed by atoms with Gasteiger partial charge in [0.25, 0.3) is 0 Å². The van der Waals surface area contributed by atoms with Crippen LogP contribution in [0.5, 0.6) is 11.5 Å². The van der Waals surface area contributed by atoms with Crippen LogP contribution in [-0.2, 0) is 9.53 Å². The molecule has 10 nitrogen and oxygen atoms in total. The lowest BCUT2D eigenvalue weighted by Gasteiger charge is -2.38. The smallest absolute Gasteiger partial charge is 0.335 e. The first-order valence-corrected chi connectivity index (χ1v) is 9.20. The second-order valence-corrected chi connectivity index (χ2v) is 7.04. The van der Waals surface area contributed by atoms with Gasteiger partial charge in [0.15, 0.2) is 11.5 Å². The standard InChI is InChI=1S/C21H18O10/c22-10-3-1-9(2-4-10)13-8-29-14-7-11(5-6-12(14)15(13)23)30-21-18(26)16(24)17(25)19(31-21)20(27)28/h1-8,16-19,21-22,24-26H,(H,27,28). The van der Waals surface area contributed by atoms with E-state index in [0.29, 0.717) is 5.56 Å². The van der Waals surface area contributed by atoms with Crippen molar-refractivity contribution in [3.8, 4) is 22.6 Å². The molecule has 1 aliphatic rings. The summed E-state index contributed by atoms with van der Waals surface area (Å²) in [6, 6.07) is 10.2. The third kappa shape index (κ3) is 3.84. The normalized spacial score (nSPS) is 26.0. The largest absolute Gasteiger partial charge is 0.508 e. The first-order valence-electron chi connectivity index (χ1n) is 9.20. The molecule has 0 bridgehead atoms.